The van der Waals surface area contributed by atoms with E-state index in [0.717, 1.165) is 12.2 Å². The topological polar surface area (TPSA) is 147 Å². The molecule has 0 bridgehead atoms. The maximum atomic E-state index is 11.6. The van der Waals surface area contributed by atoms with E-state index in [-0.39, 0.29) is 23.4 Å². The molecule has 1 aliphatic carbocycles. The van der Waals surface area contributed by atoms with E-state index in [4.69, 9.17) is 9.79 Å². The number of carbonyl (C=O) groups excluding carboxylic acids is 1. The van der Waals surface area contributed by atoms with Gasteiger partial charge >= 0.3 is 7.75 Å². The van der Waals surface area contributed by atoms with Gasteiger partial charge in [-0.2, -0.15) is 0 Å². The molecule has 1 aliphatic rings. The number of ketones is 1. The third kappa shape index (κ3) is 4.56. The van der Waals surface area contributed by atoms with Crippen LogP contribution in [0.5, 0.6) is 5.75 Å². The Morgan fingerprint density at radius 3 is 2.52 bits per heavy atom. The van der Waals surface area contributed by atoms with E-state index in [2.05, 4.69) is 0 Å². The van der Waals surface area contributed by atoms with Crippen LogP contribution in [0.1, 0.15) is 31.2 Å². The number of aromatic hydroxyl groups is 1. The van der Waals surface area contributed by atoms with Gasteiger partial charge in [0.05, 0.1) is 6.42 Å². The van der Waals surface area contributed by atoms with Gasteiger partial charge in [0.25, 0.3) is 0 Å². The van der Waals surface area contributed by atoms with E-state index >= 15 is 0 Å². The molecule has 25 heavy (non-hydrogen) atoms. The predicted octanol–water partition coefficient (Wildman–Crippen LogP) is 1.03. The van der Waals surface area contributed by atoms with Gasteiger partial charge in [-0.25, -0.2) is 4.57 Å². The average Bonchev–Trinajstić information content (AvgIpc) is 2.45. The monoisotopic (exact) mass is 369 g/mol. The minimum atomic E-state index is -4.74. The Kier molecular flexibility index (Phi) is 5.51. The Morgan fingerprint density at radius 2 is 1.96 bits per heavy atom. The number of hydrogen-bond donors (Lipinski definition) is 6. The Morgan fingerprint density at radius 1 is 1.28 bits per heavy atom. The van der Waals surface area contributed by atoms with Gasteiger partial charge in [-0.15, -0.1) is 0 Å². The highest BCUT2D eigenvalue weighted by atomic mass is 31.2. The molecule has 136 valence electrons. The van der Waals surface area contributed by atoms with Crippen molar-refractivity contribution >= 4 is 13.5 Å². The number of rotatable bonds is 6. The number of hydrogen-bond acceptors (Lipinski definition) is 5. The van der Waals surface area contributed by atoms with Crippen LogP contribution in [0.2, 0.25) is 0 Å². The molecule has 8 nitrogen and oxygen atoms in total. The summed E-state index contributed by atoms with van der Waals surface area (Å²) in [5.41, 5.74) is -0.0177. The van der Waals surface area contributed by atoms with Gasteiger partial charge in [0.15, 0.2) is 11.6 Å². The van der Waals surface area contributed by atoms with E-state index in [1.165, 1.54) is 12.1 Å². The first-order valence-electron chi connectivity index (χ1n) is 7.56. The van der Waals surface area contributed by atoms with Gasteiger partial charge in [-0.3, -0.25) is 9.88 Å². The highest BCUT2D eigenvalue weighted by Crippen LogP contribution is 2.41. The van der Waals surface area contributed by atoms with Crippen molar-refractivity contribution in [2.45, 2.75) is 31.5 Å². The maximum absolute atomic E-state index is 11.6. The highest BCUT2D eigenvalue weighted by molar-refractivity contribution is 7.49. The fraction of sp³-hybridized carbons (Fsp3) is 0.312. The first kappa shape index (κ1) is 19.4. The lowest BCUT2D eigenvalue weighted by Gasteiger charge is -2.35. The number of carbonyl (C=O) groups is 1. The van der Waals surface area contributed by atoms with Crippen molar-refractivity contribution in [3.05, 3.63) is 53.3 Å². The molecule has 0 fully saturated rings. The summed E-state index contributed by atoms with van der Waals surface area (Å²) in [4.78, 5) is 29.8. The van der Waals surface area contributed by atoms with Crippen LogP contribution in [0.25, 0.3) is 0 Å². The van der Waals surface area contributed by atoms with Crippen molar-refractivity contribution in [2.24, 2.45) is 0 Å². The van der Waals surface area contributed by atoms with Gasteiger partial charge in [-0.05, 0) is 36.3 Å². The smallest absolute Gasteiger partial charge is 0.427 e. The van der Waals surface area contributed by atoms with Crippen molar-refractivity contribution in [2.75, 3.05) is 0 Å². The highest BCUT2D eigenvalue weighted by Gasteiger charge is 2.41. The standard InChI is InChI=1S/C16H20NO7P/c1-2-13(10-4-3-5-11(18)8-10)16(20,21)14-7-6-12(19)9-15(14)17-25(22,23)24/h3-8,13,18,20-21H,2,9H2,1H3,(H3,17,22,23,24). The fourth-order valence-electron chi connectivity index (χ4n) is 2.91. The van der Waals surface area contributed by atoms with E-state index in [1.807, 2.05) is 5.09 Å². The molecule has 0 saturated carbocycles. The SMILES string of the molecule is CCC(c1cccc(O)c1)C(O)(O)C1=C(NP(=O)(O)O)CC(=O)C=C1. The molecule has 0 spiro atoms. The summed E-state index contributed by atoms with van der Waals surface area (Å²) in [5, 5.41) is 33.0. The lowest BCUT2D eigenvalue weighted by molar-refractivity contribution is -0.146. The molecule has 0 heterocycles. The molecule has 1 unspecified atom stereocenters. The first-order valence-corrected chi connectivity index (χ1v) is 9.18. The average molecular weight is 369 g/mol. The third-order valence-corrected chi connectivity index (χ3v) is 4.52. The number of phenolic OH excluding ortho intramolecular Hbond substituents is 1. The molecule has 0 aliphatic heterocycles. The molecular formula is C16H20NO7P. The van der Waals surface area contributed by atoms with Gasteiger partial charge in [0, 0.05) is 17.2 Å². The zero-order valence-electron chi connectivity index (χ0n) is 13.5. The molecule has 1 aromatic carbocycles. The molecule has 9 heteroatoms. The second kappa shape index (κ2) is 7.11. The fourth-order valence-corrected chi connectivity index (χ4v) is 3.46. The van der Waals surface area contributed by atoms with Crippen LogP contribution in [0.3, 0.4) is 0 Å². The maximum Gasteiger partial charge on any atom is 0.427 e. The zero-order chi connectivity index (χ0) is 18.8. The van der Waals surface area contributed by atoms with E-state index in [1.54, 1.807) is 19.1 Å². The summed E-state index contributed by atoms with van der Waals surface area (Å²) in [6.07, 6.45) is 2.12. The van der Waals surface area contributed by atoms with Crippen LogP contribution in [0, 0.1) is 0 Å². The van der Waals surface area contributed by atoms with E-state index in [9.17, 15) is 24.7 Å². The van der Waals surface area contributed by atoms with Gasteiger partial charge in [-0.1, -0.05) is 19.1 Å². The van der Waals surface area contributed by atoms with Crippen molar-refractivity contribution < 1.29 is 34.5 Å². The van der Waals surface area contributed by atoms with Crippen LogP contribution in [0.4, 0.5) is 0 Å². The Hall–Kier alpha value is -1.96. The minimum Gasteiger partial charge on any atom is -0.508 e. The summed E-state index contributed by atoms with van der Waals surface area (Å²) in [7, 11) is -4.74. The summed E-state index contributed by atoms with van der Waals surface area (Å²) in [6.45, 7) is 1.70. The molecule has 0 amide bonds. The number of phenols is 1. The Balaban J connectivity index is 2.52. The summed E-state index contributed by atoms with van der Waals surface area (Å²) in [5.74, 6) is -3.90. The van der Waals surface area contributed by atoms with Crippen molar-refractivity contribution in [3.8, 4) is 5.75 Å². The summed E-state index contributed by atoms with van der Waals surface area (Å²) >= 11 is 0. The van der Waals surface area contributed by atoms with Crippen LogP contribution in [0.15, 0.2) is 47.7 Å². The number of benzene rings is 1. The second-order valence-electron chi connectivity index (χ2n) is 5.81. The van der Waals surface area contributed by atoms with Crippen molar-refractivity contribution in [3.63, 3.8) is 0 Å². The molecule has 0 aromatic heterocycles. The molecule has 0 radical (unpaired) electrons. The van der Waals surface area contributed by atoms with Gasteiger partial charge in [0.1, 0.15) is 5.75 Å². The normalized spacial score (nSPS) is 16.9. The van der Waals surface area contributed by atoms with Gasteiger partial charge in [0.2, 0.25) is 0 Å². The number of aliphatic hydroxyl groups is 2. The largest absolute Gasteiger partial charge is 0.508 e. The lowest BCUT2D eigenvalue weighted by Crippen LogP contribution is -2.40. The summed E-state index contributed by atoms with van der Waals surface area (Å²) in [6, 6.07) is 5.96. The molecule has 0 saturated heterocycles. The van der Waals surface area contributed by atoms with Crippen LogP contribution in [-0.4, -0.2) is 36.7 Å². The van der Waals surface area contributed by atoms with E-state index < -0.39 is 31.7 Å². The minimum absolute atomic E-state index is 0.0522. The van der Waals surface area contributed by atoms with Crippen molar-refractivity contribution in [1.29, 1.82) is 0 Å². The summed E-state index contributed by atoms with van der Waals surface area (Å²) < 4.78 is 11.3. The Labute approximate surface area is 144 Å². The molecule has 1 atom stereocenters. The number of nitrogens with one attached hydrogen (secondary N) is 1. The third-order valence-electron chi connectivity index (χ3n) is 3.96. The molecule has 2 rings (SSSR count). The quantitative estimate of drug-likeness (QED) is 0.322. The zero-order valence-corrected chi connectivity index (χ0v) is 14.3. The van der Waals surface area contributed by atoms with Gasteiger partial charge < -0.3 is 25.1 Å². The van der Waals surface area contributed by atoms with Crippen molar-refractivity contribution in [1.82, 2.24) is 5.09 Å². The molecule has 1 aromatic rings. The lowest BCUT2D eigenvalue weighted by atomic mass is 9.81. The first-order chi connectivity index (χ1) is 11.5. The van der Waals surface area contributed by atoms with E-state index in [0.29, 0.717) is 5.56 Å². The van der Waals surface area contributed by atoms with Crippen LogP contribution < -0.4 is 5.09 Å². The molecular weight excluding hydrogens is 349 g/mol. The van der Waals surface area contributed by atoms with Crippen LogP contribution >= 0.6 is 7.75 Å². The number of allylic oxidation sites excluding steroid dienone is 2. The molecule has 6 N–H and O–H groups in total. The van der Waals surface area contributed by atoms with Crippen LogP contribution in [-0.2, 0) is 9.36 Å². The Bertz CT molecular complexity index is 778. The predicted molar refractivity (Wildman–Crippen MR) is 89.3 cm³/mol. The second-order valence-corrected chi connectivity index (χ2v) is 7.12.